The maximum absolute atomic E-state index is 13.4. The zero-order valence-corrected chi connectivity index (χ0v) is 10.7. The maximum Gasteiger partial charge on any atom is 0.276 e. The molecule has 0 aliphatic heterocycles. The van der Waals surface area contributed by atoms with Crippen molar-refractivity contribution >= 4 is 23.1 Å². The second kappa shape index (κ2) is 5.79. The average molecular weight is 300 g/mol. The van der Waals surface area contributed by atoms with Gasteiger partial charge in [0.2, 0.25) is 0 Å². The van der Waals surface area contributed by atoms with Gasteiger partial charge in [-0.15, -0.1) is 0 Å². The molecule has 1 N–H and O–H groups in total. The van der Waals surface area contributed by atoms with Crippen LogP contribution in [0.2, 0.25) is 5.15 Å². The third kappa shape index (κ3) is 3.39. The predicted molar refractivity (Wildman–Crippen MR) is 69.6 cm³/mol. The lowest BCUT2D eigenvalue weighted by atomic mass is 10.2. The van der Waals surface area contributed by atoms with E-state index in [4.69, 9.17) is 11.6 Å². The molecule has 20 heavy (non-hydrogen) atoms. The summed E-state index contributed by atoms with van der Waals surface area (Å²) < 4.78 is 26.1. The van der Waals surface area contributed by atoms with Crippen molar-refractivity contribution in [2.24, 2.45) is 0 Å². The lowest BCUT2D eigenvalue weighted by Gasteiger charge is -2.07. The largest absolute Gasteiger partial charge is 0.366 e. The van der Waals surface area contributed by atoms with E-state index in [9.17, 15) is 18.9 Å². The number of hydrogen-bond acceptors (Lipinski definition) is 4. The van der Waals surface area contributed by atoms with Crippen molar-refractivity contribution in [1.29, 1.82) is 0 Å². The molecular formula is C12H8ClF2N3O2. The summed E-state index contributed by atoms with van der Waals surface area (Å²) in [7, 11) is 0. The summed E-state index contributed by atoms with van der Waals surface area (Å²) >= 11 is 5.65. The van der Waals surface area contributed by atoms with Gasteiger partial charge in [-0.25, -0.2) is 13.8 Å². The number of rotatable bonds is 4. The van der Waals surface area contributed by atoms with Crippen molar-refractivity contribution in [1.82, 2.24) is 4.98 Å². The van der Waals surface area contributed by atoms with E-state index < -0.39 is 16.6 Å². The number of hydrogen-bond donors (Lipinski definition) is 1. The van der Waals surface area contributed by atoms with E-state index in [-0.39, 0.29) is 28.8 Å². The molecule has 0 bridgehead atoms. The van der Waals surface area contributed by atoms with Gasteiger partial charge in [-0.1, -0.05) is 17.7 Å². The molecule has 1 heterocycles. The van der Waals surface area contributed by atoms with E-state index in [1.807, 2.05) is 0 Å². The van der Waals surface area contributed by atoms with Crippen LogP contribution in [0.5, 0.6) is 0 Å². The highest BCUT2D eigenvalue weighted by atomic mass is 35.5. The fraction of sp³-hybridized carbons (Fsp3) is 0.0833. The second-order valence-electron chi connectivity index (χ2n) is 3.88. The van der Waals surface area contributed by atoms with Crippen LogP contribution in [0.25, 0.3) is 0 Å². The summed E-state index contributed by atoms with van der Waals surface area (Å²) in [4.78, 5) is 13.9. The molecule has 0 aliphatic carbocycles. The first-order chi connectivity index (χ1) is 9.45. The standard InChI is InChI=1S/C12H8ClF2N3O2/c13-11-4-9(18(19)20)5-12(17-11)16-6-7-1-2-8(14)3-10(7)15/h1-5H,6H2,(H,16,17). The lowest BCUT2D eigenvalue weighted by Crippen LogP contribution is -2.04. The molecular weight excluding hydrogens is 292 g/mol. The van der Waals surface area contributed by atoms with Crippen LogP contribution in [0.4, 0.5) is 20.3 Å². The average Bonchev–Trinajstić information content (AvgIpc) is 2.37. The van der Waals surface area contributed by atoms with Crippen molar-refractivity contribution in [3.8, 4) is 0 Å². The van der Waals surface area contributed by atoms with E-state index in [1.54, 1.807) is 0 Å². The molecule has 0 saturated heterocycles. The molecule has 2 aromatic rings. The molecule has 0 fully saturated rings. The van der Waals surface area contributed by atoms with E-state index >= 15 is 0 Å². The van der Waals surface area contributed by atoms with Gasteiger partial charge in [-0.2, -0.15) is 0 Å². The Bertz CT molecular complexity index is 667. The molecule has 5 nitrogen and oxygen atoms in total. The van der Waals surface area contributed by atoms with Gasteiger partial charge in [-0.05, 0) is 6.07 Å². The minimum Gasteiger partial charge on any atom is -0.366 e. The monoisotopic (exact) mass is 299 g/mol. The van der Waals surface area contributed by atoms with Crippen LogP contribution in [-0.2, 0) is 6.54 Å². The van der Waals surface area contributed by atoms with Crippen LogP contribution < -0.4 is 5.32 Å². The van der Waals surface area contributed by atoms with Crippen LogP contribution in [0.15, 0.2) is 30.3 Å². The van der Waals surface area contributed by atoms with Crippen molar-refractivity contribution in [2.75, 3.05) is 5.32 Å². The molecule has 2 rings (SSSR count). The number of nitrogens with zero attached hydrogens (tertiary/aromatic N) is 2. The molecule has 8 heteroatoms. The third-order valence-electron chi connectivity index (χ3n) is 2.46. The Hall–Kier alpha value is -2.28. The Morgan fingerprint density at radius 2 is 2.05 bits per heavy atom. The zero-order chi connectivity index (χ0) is 14.7. The van der Waals surface area contributed by atoms with Crippen LogP contribution in [0, 0.1) is 21.7 Å². The van der Waals surface area contributed by atoms with Crippen LogP contribution in [-0.4, -0.2) is 9.91 Å². The molecule has 0 unspecified atom stereocenters. The number of nitrogens with one attached hydrogen (secondary N) is 1. The zero-order valence-electron chi connectivity index (χ0n) is 9.94. The summed E-state index contributed by atoms with van der Waals surface area (Å²) in [6, 6.07) is 5.42. The van der Waals surface area contributed by atoms with Gasteiger partial charge in [0.25, 0.3) is 5.69 Å². The highest BCUT2D eigenvalue weighted by Crippen LogP contribution is 2.21. The van der Waals surface area contributed by atoms with Crippen molar-refractivity contribution in [3.63, 3.8) is 0 Å². The highest BCUT2D eigenvalue weighted by Gasteiger charge is 2.11. The summed E-state index contributed by atoms with van der Waals surface area (Å²) in [6.45, 7) is -0.00336. The molecule has 0 radical (unpaired) electrons. The van der Waals surface area contributed by atoms with E-state index in [2.05, 4.69) is 10.3 Å². The predicted octanol–water partition coefficient (Wildman–Crippen LogP) is 3.53. The minimum atomic E-state index is -0.714. The molecule has 0 spiro atoms. The third-order valence-corrected chi connectivity index (χ3v) is 2.66. The Balaban J connectivity index is 2.16. The van der Waals surface area contributed by atoms with Crippen molar-refractivity contribution < 1.29 is 13.7 Å². The highest BCUT2D eigenvalue weighted by molar-refractivity contribution is 6.29. The van der Waals surface area contributed by atoms with Crippen molar-refractivity contribution in [2.45, 2.75) is 6.54 Å². The number of benzene rings is 1. The number of pyridine rings is 1. The molecule has 0 atom stereocenters. The molecule has 104 valence electrons. The smallest absolute Gasteiger partial charge is 0.276 e. The van der Waals surface area contributed by atoms with Gasteiger partial charge in [-0.3, -0.25) is 10.1 Å². The number of aromatic nitrogens is 1. The number of halogens is 3. The van der Waals surface area contributed by atoms with Gasteiger partial charge >= 0.3 is 0 Å². The SMILES string of the molecule is O=[N+]([O-])c1cc(Cl)nc(NCc2ccc(F)cc2F)c1. The first-order valence-corrected chi connectivity index (χ1v) is 5.83. The first-order valence-electron chi connectivity index (χ1n) is 5.45. The van der Waals surface area contributed by atoms with Gasteiger partial charge < -0.3 is 5.32 Å². The van der Waals surface area contributed by atoms with Crippen LogP contribution >= 0.6 is 11.6 Å². The molecule has 0 aliphatic rings. The Kier molecular flexibility index (Phi) is 4.09. The fourth-order valence-corrected chi connectivity index (χ4v) is 1.73. The fourth-order valence-electron chi connectivity index (χ4n) is 1.53. The number of anilines is 1. The van der Waals surface area contributed by atoms with Gasteiger partial charge in [0.05, 0.1) is 17.1 Å². The summed E-state index contributed by atoms with van der Waals surface area (Å²) in [5, 5.41) is 13.3. The first kappa shape index (κ1) is 14.1. The topological polar surface area (TPSA) is 68.1 Å². The van der Waals surface area contributed by atoms with Crippen molar-refractivity contribution in [3.05, 3.63) is 62.8 Å². The summed E-state index contributed by atoms with van der Waals surface area (Å²) in [6.07, 6.45) is 0. The Morgan fingerprint density at radius 1 is 1.30 bits per heavy atom. The van der Waals surface area contributed by atoms with Crippen LogP contribution in [0.3, 0.4) is 0 Å². The quantitative estimate of drug-likeness (QED) is 0.533. The van der Waals surface area contributed by atoms with Gasteiger partial charge in [0.1, 0.15) is 22.6 Å². The Labute approximate surface area is 117 Å². The number of nitro groups is 1. The minimum absolute atomic E-state index is 0.00336. The molecule has 0 amide bonds. The van der Waals surface area contributed by atoms with E-state index in [0.717, 1.165) is 18.2 Å². The molecule has 1 aromatic carbocycles. The second-order valence-corrected chi connectivity index (χ2v) is 4.27. The lowest BCUT2D eigenvalue weighted by molar-refractivity contribution is -0.384. The van der Waals surface area contributed by atoms with Crippen LogP contribution in [0.1, 0.15) is 5.56 Å². The van der Waals surface area contributed by atoms with Gasteiger partial charge in [0.15, 0.2) is 0 Å². The van der Waals surface area contributed by atoms with E-state index in [0.29, 0.717) is 0 Å². The van der Waals surface area contributed by atoms with E-state index in [1.165, 1.54) is 12.1 Å². The molecule has 0 saturated carbocycles. The Morgan fingerprint density at radius 3 is 2.70 bits per heavy atom. The summed E-state index contributed by atoms with van der Waals surface area (Å²) in [5.41, 5.74) is -0.0251. The maximum atomic E-state index is 13.4. The summed E-state index contributed by atoms with van der Waals surface area (Å²) in [5.74, 6) is -1.26. The normalized spacial score (nSPS) is 10.3. The molecule has 1 aromatic heterocycles. The van der Waals surface area contributed by atoms with Gasteiger partial charge in [0, 0.05) is 18.2 Å².